The highest BCUT2D eigenvalue weighted by Crippen LogP contribution is 2.29. The number of benzene rings is 1. The Morgan fingerprint density at radius 1 is 1.25 bits per heavy atom. The molecule has 2 aromatic rings. The second-order valence-corrected chi connectivity index (χ2v) is 8.57. The maximum absolute atomic E-state index is 12.3. The molecule has 0 saturated carbocycles. The van der Waals surface area contributed by atoms with Gasteiger partial charge in [-0.2, -0.15) is 0 Å². The molecule has 0 radical (unpaired) electrons. The number of carbonyl (C=O) groups excluding carboxylic acids is 1. The predicted octanol–water partition coefficient (Wildman–Crippen LogP) is 2.16. The second-order valence-electron chi connectivity index (χ2n) is 5.89. The SMILES string of the molecule is C[C@@H](NC(=O)c1ccc(S(N)(=O)=O)cc1)c1nc2c(s1)CCCC2. The summed E-state index contributed by atoms with van der Waals surface area (Å²) < 4.78 is 22.5. The molecule has 0 unspecified atom stereocenters. The number of thiazole rings is 1. The number of rotatable bonds is 4. The highest BCUT2D eigenvalue weighted by Gasteiger charge is 2.20. The molecule has 1 heterocycles. The second kappa shape index (κ2) is 6.62. The Morgan fingerprint density at radius 3 is 2.54 bits per heavy atom. The topological polar surface area (TPSA) is 102 Å². The highest BCUT2D eigenvalue weighted by molar-refractivity contribution is 7.89. The number of carbonyl (C=O) groups is 1. The number of aryl methyl sites for hydroxylation is 2. The lowest BCUT2D eigenvalue weighted by Crippen LogP contribution is -2.26. The standard InChI is InChI=1S/C16H19N3O3S2/c1-10(16-19-13-4-2-3-5-14(13)23-16)18-15(20)11-6-8-12(9-7-11)24(17,21)22/h6-10H,2-5H2,1H3,(H,18,20)(H2,17,21,22)/t10-/m1/s1. The average Bonchev–Trinajstić information content (AvgIpc) is 2.98. The van der Waals surface area contributed by atoms with Gasteiger partial charge in [-0.25, -0.2) is 18.5 Å². The summed E-state index contributed by atoms with van der Waals surface area (Å²) in [5, 5.41) is 8.87. The number of primary sulfonamides is 1. The molecule has 0 aliphatic heterocycles. The first-order valence-electron chi connectivity index (χ1n) is 7.77. The molecule has 128 valence electrons. The molecule has 0 fully saturated rings. The Labute approximate surface area is 145 Å². The molecule has 1 atom stereocenters. The normalized spacial score (nSPS) is 15.6. The Bertz CT molecular complexity index is 834. The monoisotopic (exact) mass is 365 g/mol. The van der Waals surface area contributed by atoms with Gasteiger partial charge in [-0.3, -0.25) is 4.79 Å². The van der Waals surface area contributed by atoms with E-state index in [4.69, 9.17) is 5.14 Å². The van der Waals surface area contributed by atoms with E-state index in [-0.39, 0.29) is 16.8 Å². The predicted molar refractivity (Wildman–Crippen MR) is 92.5 cm³/mol. The van der Waals surface area contributed by atoms with Gasteiger partial charge in [0.25, 0.3) is 5.91 Å². The number of nitrogens with zero attached hydrogens (tertiary/aromatic N) is 1. The fourth-order valence-corrected chi connectivity index (χ4v) is 4.37. The summed E-state index contributed by atoms with van der Waals surface area (Å²) in [4.78, 5) is 18.3. The van der Waals surface area contributed by atoms with Gasteiger partial charge in [0.2, 0.25) is 10.0 Å². The molecule has 0 saturated heterocycles. The number of fused-ring (bicyclic) bond motifs is 1. The van der Waals surface area contributed by atoms with Crippen LogP contribution in [0, 0.1) is 0 Å². The summed E-state index contributed by atoms with van der Waals surface area (Å²) in [5.41, 5.74) is 1.55. The van der Waals surface area contributed by atoms with Crippen molar-refractivity contribution in [3.63, 3.8) is 0 Å². The van der Waals surface area contributed by atoms with Gasteiger partial charge >= 0.3 is 0 Å². The molecule has 8 heteroatoms. The van der Waals surface area contributed by atoms with Gasteiger partial charge in [0, 0.05) is 10.4 Å². The van der Waals surface area contributed by atoms with E-state index in [9.17, 15) is 13.2 Å². The van der Waals surface area contributed by atoms with Crippen molar-refractivity contribution < 1.29 is 13.2 Å². The maximum atomic E-state index is 12.3. The minimum Gasteiger partial charge on any atom is -0.343 e. The Morgan fingerprint density at radius 2 is 1.92 bits per heavy atom. The van der Waals surface area contributed by atoms with Gasteiger partial charge in [-0.15, -0.1) is 11.3 Å². The van der Waals surface area contributed by atoms with Crippen molar-refractivity contribution in [2.24, 2.45) is 5.14 Å². The highest BCUT2D eigenvalue weighted by atomic mass is 32.2. The quantitative estimate of drug-likeness (QED) is 0.866. The number of nitrogens with two attached hydrogens (primary N) is 1. The Kier molecular flexibility index (Phi) is 4.71. The molecule has 1 aromatic carbocycles. The zero-order valence-corrected chi connectivity index (χ0v) is 14.9. The van der Waals surface area contributed by atoms with Crippen LogP contribution < -0.4 is 10.5 Å². The van der Waals surface area contributed by atoms with Crippen molar-refractivity contribution >= 4 is 27.3 Å². The largest absolute Gasteiger partial charge is 0.343 e. The zero-order chi connectivity index (χ0) is 17.3. The van der Waals surface area contributed by atoms with E-state index in [0.717, 1.165) is 17.8 Å². The van der Waals surface area contributed by atoms with Gasteiger partial charge in [0.15, 0.2) is 0 Å². The molecular formula is C16H19N3O3S2. The van der Waals surface area contributed by atoms with Gasteiger partial charge in [-0.1, -0.05) is 0 Å². The van der Waals surface area contributed by atoms with Crippen LogP contribution in [0.1, 0.15) is 51.7 Å². The van der Waals surface area contributed by atoms with E-state index in [1.807, 2.05) is 6.92 Å². The average molecular weight is 365 g/mol. The first-order chi connectivity index (χ1) is 11.3. The summed E-state index contributed by atoms with van der Waals surface area (Å²) in [6.07, 6.45) is 4.46. The molecule has 6 nitrogen and oxygen atoms in total. The van der Waals surface area contributed by atoms with Crippen molar-refractivity contribution in [3.8, 4) is 0 Å². The summed E-state index contributed by atoms with van der Waals surface area (Å²) in [5.74, 6) is -0.267. The lowest BCUT2D eigenvalue weighted by Gasteiger charge is -2.11. The van der Waals surface area contributed by atoms with Gasteiger partial charge < -0.3 is 5.32 Å². The molecule has 3 rings (SSSR count). The van der Waals surface area contributed by atoms with E-state index in [1.54, 1.807) is 11.3 Å². The molecule has 0 spiro atoms. The molecule has 1 amide bonds. The zero-order valence-electron chi connectivity index (χ0n) is 13.3. The van der Waals surface area contributed by atoms with Crippen LogP contribution in [0.4, 0.5) is 0 Å². The molecule has 0 bridgehead atoms. The van der Waals surface area contributed by atoms with Crippen molar-refractivity contribution in [2.75, 3.05) is 0 Å². The van der Waals surface area contributed by atoms with E-state index in [1.165, 1.54) is 47.7 Å². The van der Waals surface area contributed by atoms with Crippen LogP contribution in [-0.4, -0.2) is 19.3 Å². The fourth-order valence-electron chi connectivity index (χ4n) is 2.69. The first-order valence-corrected chi connectivity index (χ1v) is 10.1. The minimum absolute atomic E-state index is 0.0142. The van der Waals surface area contributed by atoms with Crippen molar-refractivity contribution in [2.45, 2.75) is 43.5 Å². The third kappa shape index (κ3) is 3.66. The number of nitrogens with one attached hydrogen (secondary N) is 1. The third-order valence-electron chi connectivity index (χ3n) is 4.03. The van der Waals surface area contributed by atoms with Crippen LogP contribution in [0.2, 0.25) is 0 Å². The fraction of sp³-hybridized carbons (Fsp3) is 0.375. The summed E-state index contributed by atoms with van der Waals surface area (Å²) in [6, 6.07) is 5.38. The third-order valence-corrected chi connectivity index (χ3v) is 6.29. The molecule has 1 aromatic heterocycles. The van der Waals surface area contributed by atoms with Crippen molar-refractivity contribution in [1.82, 2.24) is 10.3 Å². The minimum atomic E-state index is -3.75. The van der Waals surface area contributed by atoms with E-state index >= 15 is 0 Å². The van der Waals surface area contributed by atoms with E-state index < -0.39 is 10.0 Å². The Hall–Kier alpha value is -1.77. The van der Waals surface area contributed by atoms with E-state index in [0.29, 0.717) is 5.56 Å². The van der Waals surface area contributed by atoms with Gasteiger partial charge in [0.05, 0.1) is 16.6 Å². The molecule has 1 aliphatic rings. The molecule has 24 heavy (non-hydrogen) atoms. The molecule has 3 N–H and O–H groups in total. The molecule has 1 aliphatic carbocycles. The number of sulfonamides is 1. The van der Waals surface area contributed by atoms with Crippen LogP contribution in [0.3, 0.4) is 0 Å². The van der Waals surface area contributed by atoms with Crippen molar-refractivity contribution in [1.29, 1.82) is 0 Å². The number of aromatic nitrogens is 1. The lowest BCUT2D eigenvalue weighted by atomic mass is 10.0. The lowest BCUT2D eigenvalue weighted by molar-refractivity contribution is 0.0939. The van der Waals surface area contributed by atoms with Crippen LogP contribution in [0.25, 0.3) is 0 Å². The summed E-state index contributed by atoms with van der Waals surface area (Å²) >= 11 is 1.66. The number of amides is 1. The molecular weight excluding hydrogens is 346 g/mol. The van der Waals surface area contributed by atoms with Crippen LogP contribution in [0.5, 0.6) is 0 Å². The van der Waals surface area contributed by atoms with Crippen LogP contribution in [-0.2, 0) is 22.9 Å². The number of hydrogen-bond acceptors (Lipinski definition) is 5. The summed E-state index contributed by atoms with van der Waals surface area (Å²) in [7, 11) is -3.75. The van der Waals surface area contributed by atoms with Crippen LogP contribution >= 0.6 is 11.3 Å². The first kappa shape index (κ1) is 17.1. The maximum Gasteiger partial charge on any atom is 0.251 e. The van der Waals surface area contributed by atoms with Crippen molar-refractivity contribution in [3.05, 3.63) is 45.4 Å². The smallest absolute Gasteiger partial charge is 0.251 e. The van der Waals surface area contributed by atoms with Crippen LogP contribution in [0.15, 0.2) is 29.2 Å². The van der Waals surface area contributed by atoms with Gasteiger partial charge in [0.1, 0.15) is 5.01 Å². The number of hydrogen-bond donors (Lipinski definition) is 2. The van der Waals surface area contributed by atoms with Gasteiger partial charge in [-0.05, 0) is 56.9 Å². The summed E-state index contributed by atoms with van der Waals surface area (Å²) in [6.45, 7) is 1.90. The van der Waals surface area contributed by atoms with E-state index in [2.05, 4.69) is 10.3 Å². The Balaban J connectivity index is 1.71.